The molecule has 2 N–H and O–H groups in total. The van der Waals surface area contributed by atoms with Crippen LogP contribution in [0.15, 0.2) is 57.3 Å². The summed E-state index contributed by atoms with van der Waals surface area (Å²) in [6.07, 6.45) is 3.13. The van der Waals surface area contributed by atoms with Gasteiger partial charge in [0.1, 0.15) is 0 Å². The molecule has 2 heterocycles. The standard InChI is InChI=1S/C20H15N5O4S3/c1-11(18(27)24-19-21-6-7-30-19)31-20-23-14-4-3-13(9-17(14)32-20)22-10-12-2-5-16(26)15(8-12)25(28)29/h2-11,26H,1H3,(H,21,24,27). The number of nitro groups is 1. The molecule has 1 atom stereocenters. The average Bonchev–Trinajstić information content (AvgIpc) is 3.41. The van der Waals surface area contributed by atoms with E-state index >= 15 is 0 Å². The highest BCUT2D eigenvalue weighted by Crippen LogP contribution is 2.34. The average molecular weight is 486 g/mol. The molecule has 0 fully saturated rings. The van der Waals surface area contributed by atoms with Crippen molar-refractivity contribution in [1.29, 1.82) is 0 Å². The molecule has 0 bridgehead atoms. The highest BCUT2D eigenvalue weighted by Gasteiger charge is 2.18. The van der Waals surface area contributed by atoms with Gasteiger partial charge in [0, 0.05) is 23.9 Å². The quantitative estimate of drug-likeness (QED) is 0.158. The third-order valence-electron chi connectivity index (χ3n) is 4.22. The van der Waals surface area contributed by atoms with Gasteiger partial charge in [0.2, 0.25) is 5.91 Å². The first-order valence-electron chi connectivity index (χ1n) is 9.18. The Labute approximate surface area is 194 Å². The number of rotatable bonds is 7. The smallest absolute Gasteiger partial charge is 0.311 e. The van der Waals surface area contributed by atoms with Crippen LogP contribution in [0.3, 0.4) is 0 Å². The zero-order valence-electron chi connectivity index (χ0n) is 16.5. The second-order valence-electron chi connectivity index (χ2n) is 6.48. The molecule has 9 nitrogen and oxygen atoms in total. The number of thioether (sulfide) groups is 1. The van der Waals surface area contributed by atoms with Crippen molar-refractivity contribution < 1.29 is 14.8 Å². The van der Waals surface area contributed by atoms with Gasteiger partial charge in [-0.3, -0.25) is 19.9 Å². The molecule has 12 heteroatoms. The van der Waals surface area contributed by atoms with E-state index in [0.29, 0.717) is 16.4 Å². The van der Waals surface area contributed by atoms with Gasteiger partial charge < -0.3 is 10.4 Å². The van der Waals surface area contributed by atoms with Crippen LogP contribution < -0.4 is 5.32 Å². The second-order valence-corrected chi connectivity index (χ2v) is 9.99. The van der Waals surface area contributed by atoms with E-state index < -0.39 is 10.7 Å². The van der Waals surface area contributed by atoms with Crippen molar-refractivity contribution in [3.05, 3.63) is 63.7 Å². The highest BCUT2D eigenvalue weighted by molar-refractivity contribution is 8.02. The van der Waals surface area contributed by atoms with Crippen LogP contribution in [0.1, 0.15) is 12.5 Å². The van der Waals surface area contributed by atoms with Gasteiger partial charge in [0.05, 0.1) is 26.1 Å². The van der Waals surface area contributed by atoms with Crippen molar-refractivity contribution in [1.82, 2.24) is 9.97 Å². The number of fused-ring (bicyclic) bond motifs is 1. The van der Waals surface area contributed by atoms with E-state index in [9.17, 15) is 20.0 Å². The second kappa shape index (κ2) is 9.42. The Kier molecular flexibility index (Phi) is 6.44. The van der Waals surface area contributed by atoms with E-state index in [1.54, 1.807) is 23.7 Å². The number of anilines is 1. The van der Waals surface area contributed by atoms with Crippen LogP contribution in [0.5, 0.6) is 5.75 Å². The van der Waals surface area contributed by atoms with Gasteiger partial charge in [-0.05, 0) is 42.8 Å². The Hall–Kier alpha value is -3.35. The number of carbonyl (C=O) groups is 1. The summed E-state index contributed by atoms with van der Waals surface area (Å²) in [6.45, 7) is 1.81. The Bertz CT molecular complexity index is 1320. The van der Waals surface area contributed by atoms with E-state index in [1.807, 2.05) is 19.1 Å². The SMILES string of the molecule is CC(Sc1nc2ccc(N=Cc3ccc(O)c([N+](=O)[O-])c3)cc2s1)C(=O)Nc1nccs1. The maximum absolute atomic E-state index is 12.3. The number of thiazole rings is 2. The van der Waals surface area contributed by atoms with Gasteiger partial charge in [-0.25, -0.2) is 9.97 Å². The Balaban J connectivity index is 1.47. The fraction of sp³-hybridized carbons (Fsp3) is 0.100. The minimum Gasteiger partial charge on any atom is -0.502 e. The molecule has 2 aromatic carbocycles. The minimum atomic E-state index is -0.645. The molecule has 0 aliphatic rings. The first-order valence-corrected chi connectivity index (χ1v) is 11.8. The first kappa shape index (κ1) is 21.9. The molecule has 162 valence electrons. The summed E-state index contributed by atoms with van der Waals surface area (Å²) < 4.78 is 1.67. The number of nitrogens with zero attached hydrogens (tertiary/aromatic N) is 4. The lowest BCUT2D eigenvalue weighted by Crippen LogP contribution is -2.22. The maximum atomic E-state index is 12.3. The lowest BCUT2D eigenvalue weighted by atomic mass is 10.2. The minimum absolute atomic E-state index is 0.141. The van der Waals surface area contributed by atoms with E-state index in [2.05, 4.69) is 20.3 Å². The van der Waals surface area contributed by atoms with Crippen LogP contribution in [0.4, 0.5) is 16.5 Å². The van der Waals surface area contributed by atoms with E-state index in [1.165, 1.54) is 52.8 Å². The van der Waals surface area contributed by atoms with Gasteiger partial charge >= 0.3 is 5.69 Å². The van der Waals surface area contributed by atoms with Gasteiger partial charge in [0.25, 0.3) is 0 Å². The van der Waals surface area contributed by atoms with E-state index in [0.717, 1.165) is 14.6 Å². The van der Waals surface area contributed by atoms with Crippen LogP contribution in [0, 0.1) is 10.1 Å². The molecule has 4 rings (SSSR count). The molecule has 0 radical (unpaired) electrons. The van der Waals surface area contributed by atoms with E-state index in [4.69, 9.17) is 0 Å². The van der Waals surface area contributed by atoms with Gasteiger partial charge in [0.15, 0.2) is 15.2 Å². The van der Waals surface area contributed by atoms with Crippen molar-refractivity contribution in [3.63, 3.8) is 0 Å². The summed E-state index contributed by atoms with van der Waals surface area (Å²) in [5, 5.41) is 25.3. The van der Waals surface area contributed by atoms with Crippen LogP contribution in [0.25, 0.3) is 10.2 Å². The van der Waals surface area contributed by atoms with Crippen molar-refractivity contribution >= 4 is 73.3 Å². The summed E-state index contributed by atoms with van der Waals surface area (Å²) in [5.74, 6) is -0.532. The number of phenols is 1. The number of amides is 1. The number of carbonyl (C=O) groups excluding carboxylic acids is 1. The number of nitro benzene ring substituents is 1. The van der Waals surface area contributed by atoms with Crippen molar-refractivity contribution in [3.8, 4) is 5.75 Å². The number of hydrogen-bond donors (Lipinski definition) is 2. The fourth-order valence-corrected chi connectivity index (χ4v) is 5.41. The van der Waals surface area contributed by atoms with Crippen molar-refractivity contribution in [2.75, 3.05) is 5.32 Å². The number of hydrogen-bond acceptors (Lipinski definition) is 10. The molecule has 2 aromatic heterocycles. The summed E-state index contributed by atoms with van der Waals surface area (Å²) >= 11 is 4.19. The molecule has 0 aliphatic heterocycles. The summed E-state index contributed by atoms with van der Waals surface area (Å²) in [6, 6.07) is 9.56. The zero-order chi connectivity index (χ0) is 22.7. The predicted octanol–water partition coefficient (Wildman–Crippen LogP) is 5.24. The summed E-state index contributed by atoms with van der Waals surface area (Å²) in [7, 11) is 0. The van der Waals surface area contributed by atoms with Gasteiger partial charge in [-0.2, -0.15) is 0 Å². The molecule has 32 heavy (non-hydrogen) atoms. The van der Waals surface area contributed by atoms with Crippen LogP contribution in [-0.4, -0.2) is 37.4 Å². The van der Waals surface area contributed by atoms with Crippen LogP contribution >= 0.6 is 34.4 Å². The summed E-state index contributed by atoms with van der Waals surface area (Å²) in [5.41, 5.74) is 1.57. The van der Waals surface area contributed by atoms with Crippen LogP contribution in [-0.2, 0) is 4.79 Å². The number of benzene rings is 2. The van der Waals surface area contributed by atoms with Crippen LogP contribution in [0.2, 0.25) is 0 Å². The third-order valence-corrected chi connectivity index (χ3v) is 7.12. The molecule has 1 unspecified atom stereocenters. The topological polar surface area (TPSA) is 131 Å². The van der Waals surface area contributed by atoms with E-state index in [-0.39, 0.29) is 16.8 Å². The lowest BCUT2D eigenvalue weighted by molar-refractivity contribution is -0.385. The number of phenolic OH excluding ortho intramolecular Hbond substituents is 1. The summed E-state index contributed by atoms with van der Waals surface area (Å²) in [4.78, 5) is 35.6. The molecule has 0 saturated heterocycles. The monoisotopic (exact) mass is 485 g/mol. The fourth-order valence-electron chi connectivity index (χ4n) is 2.64. The lowest BCUT2D eigenvalue weighted by Gasteiger charge is -2.07. The number of aromatic hydroxyl groups is 1. The normalized spacial score (nSPS) is 12.3. The Morgan fingerprint density at radius 3 is 2.94 bits per heavy atom. The number of aromatic nitrogens is 2. The van der Waals surface area contributed by atoms with Crippen molar-refractivity contribution in [2.24, 2.45) is 4.99 Å². The zero-order valence-corrected chi connectivity index (χ0v) is 18.9. The number of nitrogens with one attached hydrogen (secondary N) is 1. The molecular weight excluding hydrogens is 470 g/mol. The largest absolute Gasteiger partial charge is 0.502 e. The number of aliphatic imine (C=N–C) groups is 1. The Morgan fingerprint density at radius 1 is 1.34 bits per heavy atom. The van der Waals surface area contributed by atoms with Crippen molar-refractivity contribution in [2.45, 2.75) is 16.5 Å². The molecule has 4 aromatic rings. The molecule has 0 saturated carbocycles. The third kappa shape index (κ3) is 5.10. The van der Waals surface area contributed by atoms with Gasteiger partial charge in [-0.15, -0.1) is 22.7 Å². The maximum Gasteiger partial charge on any atom is 0.311 e. The molecule has 0 aliphatic carbocycles. The molecule has 1 amide bonds. The predicted molar refractivity (Wildman–Crippen MR) is 128 cm³/mol. The first-order chi connectivity index (χ1) is 15.4. The van der Waals surface area contributed by atoms with Gasteiger partial charge in [-0.1, -0.05) is 11.8 Å². The molecular formula is C20H15N5O4S3. The molecule has 0 spiro atoms. The highest BCUT2D eigenvalue weighted by atomic mass is 32.2. The Morgan fingerprint density at radius 2 is 2.19 bits per heavy atom.